The van der Waals surface area contributed by atoms with Crippen LogP contribution in [0.2, 0.25) is 0 Å². The molecule has 4 N–H and O–H groups in total. The van der Waals surface area contributed by atoms with Crippen LogP contribution in [0.1, 0.15) is 36.2 Å². The van der Waals surface area contributed by atoms with E-state index in [0.717, 1.165) is 25.7 Å². The third-order valence-corrected chi connectivity index (χ3v) is 3.66. The van der Waals surface area contributed by atoms with Gasteiger partial charge in [-0.05, 0) is 25.0 Å². The molecule has 0 saturated heterocycles. The molecule has 6 heteroatoms. The van der Waals surface area contributed by atoms with Crippen molar-refractivity contribution in [2.45, 2.75) is 31.2 Å². The summed E-state index contributed by atoms with van der Waals surface area (Å²) in [6.45, 7) is 0.379. The van der Waals surface area contributed by atoms with E-state index < -0.39 is 0 Å². The van der Waals surface area contributed by atoms with Crippen molar-refractivity contribution >= 4 is 11.8 Å². The van der Waals surface area contributed by atoms with Crippen molar-refractivity contribution < 1.29 is 9.59 Å². The van der Waals surface area contributed by atoms with Gasteiger partial charge in [-0.25, -0.2) is 0 Å². The standard InChI is InChI=1S/C14H20N4O2/c15-10-14(6-2-3-7-14)18-12(19)9-17-13(20)11-5-1-4-8-16-11/h1,4-5,8H,2-3,6-7,9-10,15H2,(H,17,20)(H,18,19). The van der Waals surface area contributed by atoms with E-state index in [0.29, 0.717) is 12.2 Å². The molecular formula is C14H20N4O2. The predicted molar refractivity (Wildman–Crippen MR) is 75.0 cm³/mol. The Kier molecular flexibility index (Phi) is 4.68. The van der Waals surface area contributed by atoms with Gasteiger partial charge in [-0.1, -0.05) is 18.9 Å². The Hall–Kier alpha value is -1.95. The van der Waals surface area contributed by atoms with Crippen LogP contribution in [0.5, 0.6) is 0 Å². The quantitative estimate of drug-likeness (QED) is 0.715. The molecule has 2 rings (SSSR count). The lowest BCUT2D eigenvalue weighted by molar-refractivity contribution is -0.121. The van der Waals surface area contributed by atoms with Crippen LogP contribution >= 0.6 is 0 Å². The molecule has 1 fully saturated rings. The fraction of sp³-hybridized carbons (Fsp3) is 0.500. The minimum atomic E-state index is -0.353. The maximum Gasteiger partial charge on any atom is 0.270 e. The summed E-state index contributed by atoms with van der Waals surface area (Å²) in [4.78, 5) is 27.6. The van der Waals surface area contributed by atoms with Crippen molar-refractivity contribution in [3.8, 4) is 0 Å². The number of nitrogens with zero attached hydrogens (tertiary/aromatic N) is 1. The Bertz CT molecular complexity index is 469. The Labute approximate surface area is 118 Å². The molecular weight excluding hydrogens is 256 g/mol. The molecule has 0 aromatic carbocycles. The first kappa shape index (κ1) is 14.5. The monoisotopic (exact) mass is 276 g/mol. The zero-order chi connectivity index (χ0) is 14.4. The number of pyridine rings is 1. The lowest BCUT2D eigenvalue weighted by Crippen LogP contribution is -2.54. The van der Waals surface area contributed by atoms with Crippen LogP contribution < -0.4 is 16.4 Å². The van der Waals surface area contributed by atoms with Crippen molar-refractivity contribution in [1.82, 2.24) is 15.6 Å². The first-order valence-electron chi connectivity index (χ1n) is 6.85. The van der Waals surface area contributed by atoms with Gasteiger partial charge in [0.1, 0.15) is 5.69 Å². The summed E-state index contributed by atoms with van der Waals surface area (Å²) in [6, 6.07) is 5.06. The molecule has 20 heavy (non-hydrogen) atoms. The van der Waals surface area contributed by atoms with E-state index in [1.165, 1.54) is 6.20 Å². The number of aromatic nitrogens is 1. The number of hydrogen-bond acceptors (Lipinski definition) is 4. The average Bonchev–Trinajstić information content (AvgIpc) is 2.95. The van der Waals surface area contributed by atoms with E-state index in [9.17, 15) is 9.59 Å². The highest BCUT2D eigenvalue weighted by Crippen LogP contribution is 2.28. The Balaban J connectivity index is 1.82. The minimum absolute atomic E-state index is 0.0584. The normalized spacial score (nSPS) is 16.6. The third-order valence-electron chi connectivity index (χ3n) is 3.66. The first-order chi connectivity index (χ1) is 9.65. The number of rotatable bonds is 5. The largest absolute Gasteiger partial charge is 0.348 e. The summed E-state index contributed by atoms with van der Waals surface area (Å²) >= 11 is 0. The van der Waals surface area contributed by atoms with Crippen LogP contribution in [0.25, 0.3) is 0 Å². The number of carbonyl (C=O) groups is 2. The zero-order valence-electron chi connectivity index (χ0n) is 11.4. The maximum atomic E-state index is 11.9. The van der Waals surface area contributed by atoms with Gasteiger partial charge in [0.25, 0.3) is 5.91 Å². The molecule has 0 spiro atoms. The second-order valence-electron chi connectivity index (χ2n) is 5.14. The molecule has 0 aliphatic heterocycles. The van der Waals surface area contributed by atoms with E-state index in [-0.39, 0.29) is 23.9 Å². The first-order valence-corrected chi connectivity index (χ1v) is 6.85. The van der Waals surface area contributed by atoms with Gasteiger partial charge >= 0.3 is 0 Å². The molecule has 2 amide bonds. The van der Waals surface area contributed by atoms with Crippen LogP contribution in [0.3, 0.4) is 0 Å². The SMILES string of the molecule is NCC1(NC(=O)CNC(=O)c2ccccn2)CCCC1. The average molecular weight is 276 g/mol. The lowest BCUT2D eigenvalue weighted by atomic mass is 9.98. The van der Waals surface area contributed by atoms with Gasteiger partial charge in [0.2, 0.25) is 5.91 Å². The van der Waals surface area contributed by atoms with Crippen molar-refractivity contribution in [1.29, 1.82) is 0 Å². The third kappa shape index (κ3) is 3.54. The molecule has 1 saturated carbocycles. The molecule has 0 atom stereocenters. The molecule has 1 heterocycles. The van der Waals surface area contributed by atoms with Gasteiger partial charge in [-0.2, -0.15) is 0 Å². The second kappa shape index (κ2) is 6.47. The fourth-order valence-corrected chi connectivity index (χ4v) is 2.52. The van der Waals surface area contributed by atoms with E-state index in [4.69, 9.17) is 5.73 Å². The molecule has 0 unspecified atom stereocenters. The van der Waals surface area contributed by atoms with Gasteiger partial charge < -0.3 is 16.4 Å². The number of nitrogens with two attached hydrogens (primary N) is 1. The summed E-state index contributed by atoms with van der Waals surface area (Å²) in [7, 11) is 0. The van der Waals surface area contributed by atoms with E-state index in [1.54, 1.807) is 18.2 Å². The smallest absolute Gasteiger partial charge is 0.270 e. The van der Waals surface area contributed by atoms with Gasteiger partial charge in [-0.3, -0.25) is 14.6 Å². The number of carbonyl (C=O) groups excluding carboxylic acids is 2. The van der Waals surface area contributed by atoms with E-state index in [2.05, 4.69) is 15.6 Å². The Morgan fingerprint density at radius 2 is 2.05 bits per heavy atom. The van der Waals surface area contributed by atoms with E-state index >= 15 is 0 Å². The van der Waals surface area contributed by atoms with Crippen LogP contribution in [0.4, 0.5) is 0 Å². The highest BCUT2D eigenvalue weighted by atomic mass is 16.2. The highest BCUT2D eigenvalue weighted by Gasteiger charge is 2.33. The van der Waals surface area contributed by atoms with Crippen molar-refractivity contribution in [2.24, 2.45) is 5.73 Å². The summed E-state index contributed by atoms with van der Waals surface area (Å²) in [6.07, 6.45) is 5.51. The van der Waals surface area contributed by atoms with Crippen molar-refractivity contribution in [3.05, 3.63) is 30.1 Å². The van der Waals surface area contributed by atoms with Crippen LogP contribution in [0, 0.1) is 0 Å². The summed E-state index contributed by atoms with van der Waals surface area (Å²) in [5.41, 5.74) is 5.77. The Morgan fingerprint density at radius 1 is 1.30 bits per heavy atom. The lowest BCUT2D eigenvalue weighted by Gasteiger charge is -2.28. The van der Waals surface area contributed by atoms with Gasteiger partial charge in [-0.15, -0.1) is 0 Å². The number of hydrogen-bond donors (Lipinski definition) is 3. The number of nitrogens with one attached hydrogen (secondary N) is 2. The highest BCUT2D eigenvalue weighted by molar-refractivity contribution is 5.94. The fourth-order valence-electron chi connectivity index (χ4n) is 2.52. The van der Waals surface area contributed by atoms with Gasteiger partial charge in [0.05, 0.1) is 12.1 Å². The number of amides is 2. The molecule has 1 aliphatic rings. The van der Waals surface area contributed by atoms with E-state index in [1.807, 2.05) is 0 Å². The minimum Gasteiger partial charge on any atom is -0.348 e. The van der Waals surface area contributed by atoms with Crippen LogP contribution in [0.15, 0.2) is 24.4 Å². The molecule has 108 valence electrons. The van der Waals surface area contributed by atoms with Gasteiger partial charge in [0.15, 0.2) is 0 Å². The second-order valence-corrected chi connectivity index (χ2v) is 5.14. The molecule has 1 aromatic heterocycles. The molecule has 1 aromatic rings. The molecule has 6 nitrogen and oxygen atoms in total. The van der Waals surface area contributed by atoms with Crippen LogP contribution in [-0.2, 0) is 4.79 Å². The van der Waals surface area contributed by atoms with Crippen LogP contribution in [-0.4, -0.2) is 35.4 Å². The Morgan fingerprint density at radius 3 is 2.65 bits per heavy atom. The van der Waals surface area contributed by atoms with Crippen molar-refractivity contribution in [3.63, 3.8) is 0 Å². The maximum absolute atomic E-state index is 11.9. The summed E-state index contributed by atoms with van der Waals surface area (Å²) in [5, 5.41) is 5.51. The summed E-state index contributed by atoms with van der Waals surface area (Å²) in [5.74, 6) is -0.560. The summed E-state index contributed by atoms with van der Waals surface area (Å²) < 4.78 is 0. The molecule has 1 aliphatic carbocycles. The topological polar surface area (TPSA) is 97.1 Å². The van der Waals surface area contributed by atoms with Crippen molar-refractivity contribution in [2.75, 3.05) is 13.1 Å². The molecule has 0 radical (unpaired) electrons. The zero-order valence-corrected chi connectivity index (χ0v) is 11.4. The van der Waals surface area contributed by atoms with Gasteiger partial charge in [0, 0.05) is 12.7 Å². The predicted octanol–water partition coefficient (Wildman–Crippen LogP) is 0.199. The molecule has 0 bridgehead atoms.